The quantitative estimate of drug-likeness (QED) is 0.642. The van der Waals surface area contributed by atoms with Gasteiger partial charge in [-0.25, -0.2) is 0 Å². The first kappa shape index (κ1) is 15.2. The summed E-state index contributed by atoms with van der Waals surface area (Å²) in [6.45, 7) is 2.93. The van der Waals surface area contributed by atoms with E-state index in [1.807, 2.05) is 31.2 Å². The van der Waals surface area contributed by atoms with Gasteiger partial charge in [-0.1, -0.05) is 17.9 Å². The lowest BCUT2D eigenvalue weighted by Gasteiger charge is -2.10. The molecule has 0 amide bonds. The Morgan fingerprint density at radius 3 is 2.86 bits per heavy atom. The molecule has 3 nitrogen and oxygen atoms in total. The molecule has 0 spiro atoms. The minimum absolute atomic E-state index is 0.0236. The third-order valence-electron chi connectivity index (χ3n) is 2.96. The van der Waals surface area contributed by atoms with E-state index in [9.17, 15) is 4.79 Å². The van der Waals surface area contributed by atoms with Gasteiger partial charge in [-0.3, -0.25) is 4.79 Å². The fourth-order valence-electron chi connectivity index (χ4n) is 1.92. The summed E-state index contributed by atoms with van der Waals surface area (Å²) in [6, 6.07) is 10.8. The number of aryl methyl sites for hydroxylation is 1. The van der Waals surface area contributed by atoms with Gasteiger partial charge in [-0.05, 0) is 36.8 Å². The molecule has 0 saturated heterocycles. The SMILES string of the molecule is Cc1cc(C#CCCl)ccc1OCCn1ccccc1=O. The third-order valence-corrected chi connectivity index (χ3v) is 3.10. The van der Waals surface area contributed by atoms with E-state index in [1.165, 1.54) is 6.07 Å². The fourth-order valence-corrected chi connectivity index (χ4v) is 1.99. The van der Waals surface area contributed by atoms with Crippen LogP contribution in [-0.2, 0) is 6.54 Å². The number of aromatic nitrogens is 1. The standard InChI is InChI=1S/C17H16ClNO2/c1-14-13-15(5-4-9-18)7-8-16(14)21-12-11-19-10-3-2-6-17(19)20/h2-3,6-8,10,13H,9,11-12H2,1H3. The van der Waals surface area contributed by atoms with E-state index in [0.717, 1.165) is 16.9 Å². The molecular weight excluding hydrogens is 286 g/mol. The zero-order valence-corrected chi connectivity index (χ0v) is 12.6. The van der Waals surface area contributed by atoms with Gasteiger partial charge in [-0.15, -0.1) is 11.6 Å². The van der Waals surface area contributed by atoms with E-state index in [4.69, 9.17) is 16.3 Å². The summed E-state index contributed by atoms with van der Waals surface area (Å²) in [5.41, 5.74) is 1.90. The van der Waals surface area contributed by atoms with Crippen molar-refractivity contribution in [2.75, 3.05) is 12.5 Å². The first-order valence-corrected chi connectivity index (χ1v) is 7.18. The Morgan fingerprint density at radius 1 is 1.29 bits per heavy atom. The highest BCUT2D eigenvalue weighted by atomic mass is 35.5. The summed E-state index contributed by atoms with van der Waals surface area (Å²) < 4.78 is 7.34. The lowest BCUT2D eigenvalue weighted by Crippen LogP contribution is -2.21. The molecule has 0 aliphatic carbocycles. The molecule has 1 aromatic carbocycles. The molecule has 1 aromatic heterocycles. The number of alkyl halides is 1. The van der Waals surface area contributed by atoms with E-state index < -0.39 is 0 Å². The van der Waals surface area contributed by atoms with Crippen molar-refractivity contribution in [3.63, 3.8) is 0 Å². The van der Waals surface area contributed by atoms with Crippen LogP contribution in [0, 0.1) is 18.8 Å². The van der Waals surface area contributed by atoms with Crippen LogP contribution in [0.15, 0.2) is 47.4 Å². The van der Waals surface area contributed by atoms with Crippen LogP contribution in [0.4, 0.5) is 0 Å². The van der Waals surface area contributed by atoms with E-state index in [-0.39, 0.29) is 5.56 Å². The molecule has 2 rings (SSSR count). The summed E-state index contributed by atoms with van der Waals surface area (Å²) in [5, 5.41) is 0. The summed E-state index contributed by atoms with van der Waals surface area (Å²) >= 11 is 5.54. The number of ether oxygens (including phenoxy) is 1. The van der Waals surface area contributed by atoms with Gasteiger partial charge in [0.1, 0.15) is 12.4 Å². The third kappa shape index (κ3) is 4.40. The Bertz CT molecular complexity index is 725. The van der Waals surface area contributed by atoms with Gasteiger partial charge >= 0.3 is 0 Å². The minimum atomic E-state index is -0.0236. The van der Waals surface area contributed by atoms with E-state index >= 15 is 0 Å². The smallest absolute Gasteiger partial charge is 0.250 e. The molecule has 2 aromatic rings. The highest BCUT2D eigenvalue weighted by Gasteiger charge is 2.01. The van der Waals surface area contributed by atoms with Crippen LogP contribution >= 0.6 is 11.6 Å². The second-order valence-electron chi connectivity index (χ2n) is 4.50. The predicted molar refractivity (Wildman–Crippen MR) is 85.0 cm³/mol. The predicted octanol–water partition coefficient (Wildman–Crippen LogP) is 2.83. The monoisotopic (exact) mass is 301 g/mol. The van der Waals surface area contributed by atoms with Crippen molar-refractivity contribution in [2.45, 2.75) is 13.5 Å². The molecule has 1 heterocycles. The Labute approximate surface area is 129 Å². The Morgan fingerprint density at radius 2 is 2.14 bits per heavy atom. The second-order valence-corrected chi connectivity index (χ2v) is 4.76. The summed E-state index contributed by atoms with van der Waals surface area (Å²) in [4.78, 5) is 11.6. The molecule has 21 heavy (non-hydrogen) atoms. The van der Waals surface area contributed by atoms with E-state index in [2.05, 4.69) is 11.8 Å². The number of rotatable bonds is 4. The summed E-state index contributed by atoms with van der Waals surface area (Å²) in [6.07, 6.45) is 1.75. The molecule has 0 atom stereocenters. The van der Waals surface area contributed by atoms with Gasteiger partial charge in [0.05, 0.1) is 12.4 Å². The normalized spacial score (nSPS) is 9.81. The maximum atomic E-state index is 11.6. The zero-order chi connectivity index (χ0) is 15.1. The minimum Gasteiger partial charge on any atom is -0.491 e. The molecule has 0 fully saturated rings. The van der Waals surface area contributed by atoms with Crippen molar-refractivity contribution in [1.82, 2.24) is 4.57 Å². The molecule has 0 radical (unpaired) electrons. The number of halogens is 1. The number of hydrogen-bond donors (Lipinski definition) is 0. The van der Waals surface area contributed by atoms with Crippen LogP contribution in [0.1, 0.15) is 11.1 Å². The van der Waals surface area contributed by atoms with Gasteiger partial charge in [0, 0.05) is 17.8 Å². The number of nitrogens with zero attached hydrogens (tertiary/aromatic N) is 1. The highest BCUT2D eigenvalue weighted by Crippen LogP contribution is 2.18. The van der Waals surface area contributed by atoms with E-state index in [1.54, 1.807) is 16.8 Å². The molecule has 0 aliphatic rings. The molecule has 0 saturated carbocycles. The van der Waals surface area contributed by atoms with Crippen LogP contribution in [0.25, 0.3) is 0 Å². The van der Waals surface area contributed by atoms with Crippen LogP contribution in [0.3, 0.4) is 0 Å². The second kappa shape index (κ2) is 7.56. The molecule has 0 aliphatic heterocycles. The Kier molecular flexibility index (Phi) is 5.48. The van der Waals surface area contributed by atoms with Gasteiger partial charge in [-0.2, -0.15) is 0 Å². The number of hydrogen-bond acceptors (Lipinski definition) is 2. The van der Waals surface area contributed by atoms with Gasteiger partial charge in [0.2, 0.25) is 0 Å². The van der Waals surface area contributed by atoms with Gasteiger partial charge in [0.15, 0.2) is 0 Å². The Balaban J connectivity index is 1.98. The average molecular weight is 302 g/mol. The molecule has 0 N–H and O–H groups in total. The molecule has 0 bridgehead atoms. The van der Waals surface area contributed by atoms with E-state index in [0.29, 0.717) is 19.0 Å². The lowest BCUT2D eigenvalue weighted by molar-refractivity contribution is 0.294. The summed E-state index contributed by atoms with van der Waals surface area (Å²) in [7, 11) is 0. The highest BCUT2D eigenvalue weighted by molar-refractivity contribution is 6.19. The molecule has 108 valence electrons. The summed E-state index contributed by atoms with van der Waals surface area (Å²) in [5.74, 6) is 6.91. The fraction of sp³-hybridized carbons (Fsp3) is 0.235. The maximum Gasteiger partial charge on any atom is 0.250 e. The van der Waals surface area contributed by atoms with Crippen molar-refractivity contribution < 1.29 is 4.74 Å². The first-order valence-electron chi connectivity index (χ1n) is 6.64. The van der Waals surface area contributed by atoms with Crippen molar-refractivity contribution in [1.29, 1.82) is 0 Å². The van der Waals surface area contributed by atoms with Crippen molar-refractivity contribution in [3.8, 4) is 17.6 Å². The number of benzene rings is 1. The van der Waals surface area contributed by atoms with Crippen molar-refractivity contribution >= 4 is 11.6 Å². The van der Waals surface area contributed by atoms with Gasteiger partial charge in [0.25, 0.3) is 5.56 Å². The molecule has 0 unspecified atom stereocenters. The topological polar surface area (TPSA) is 31.2 Å². The lowest BCUT2D eigenvalue weighted by atomic mass is 10.1. The zero-order valence-electron chi connectivity index (χ0n) is 11.8. The average Bonchev–Trinajstić information content (AvgIpc) is 2.49. The van der Waals surface area contributed by atoms with Crippen LogP contribution < -0.4 is 10.3 Å². The van der Waals surface area contributed by atoms with Crippen molar-refractivity contribution in [2.24, 2.45) is 0 Å². The largest absolute Gasteiger partial charge is 0.491 e. The van der Waals surface area contributed by atoms with Crippen LogP contribution in [0.2, 0.25) is 0 Å². The molecular formula is C17H16ClNO2. The first-order chi connectivity index (χ1) is 10.2. The van der Waals surface area contributed by atoms with Crippen LogP contribution in [0.5, 0.6) is 5.75 Å². The van der Waals surface area contributed by atoms with Crippen molar-refractivity contribution in [3.05, 3.63) is 64.1 Å². The van der Waals surface area contributed by atoms with Crippen LogP contribution in [-0.4, -0.2) is 17.1 Å². The van der Waals surface area contributed by atoms with Gasteiger partial charge < -0.3 is 9.30 Å². The Hall–Kier alpha value is -2.18. The maximum absolute atomic E-state index is 11.6. The molecule has 4 heteroatoms. The number of pyridine rings is 1.